The van der Waals surface area contributed by atoms with Crippen LogP contribution in [0.2, 0.25) is 0 Å². The fraction of sp³-hybridized carbons (Fsp3) is 0.143. The number of amides is 1. The lowest BCUT2D eigenvalue weighted by molar-refractivity contribution is 0.102. The number of furan rings is 1. The van der Waals surface area contributed by atoms with Crippen molar-refractivity contribution in [1.29, 1.82) is 0 Å². The molecule has 0 atom stereocenters. The molecule has 27 heavy (non-hydrogen) atoms. The molecule has 3 heterocycles. The molecule has 0 aliphatic heterocycles. The standard InChI is InChI=1S/C21H20N4O2/c1-13(2)24-18-5-3-4-6-19(18)25-21(26)15-9-16-17(14-7-8-27-12-14)11-23-20(16)22-10-15/h3-13,24H,1-2H3,(H,22,23)(H,25,26). The molecule has 3 aromatic heterocycles. The molecule has 3 N–H and O–H groups in total. The molecule has 0 aliphatic rings. The van der Waals surface area contributed by atoms with Gasteiger partial charge in [0.15, 0.2) is 0 Å². The Morgan fingerprint density at radius 3 is 2.74 bits per heavy atom. The maximum Gasteiger partial charge on any atom is 0.257 e. The summed E-state index contributed by atoms with van der Waals surface area (Å²) < 4.78 is 5.17. The van der Waals surface area contributed by atoms with Crippen LogP contribution in [0.25, 0.3) is 22.2 Å². The molecule has 0 saturated carbocycles. The van der Waals surface area contributed by atoms with E-state index in [4.69, 9.17) is 4.42 Å². The van der Waals surface area contributed by atoms with E-state index in [1.165, 1.54) is 0 Å². The van der Waals surface area contributed by atoms with Gasteiger partial charge in [0.2, 0.25) is 0 Å². The van der Waals surface area contributed by atoms with Crippen LogP contribution in [-0.4, -0.2) is 21.9 Å². The summed E-state index contributed by atoms with van der Waals surface area (Å²) in [6.45, 7) is 4.11. The summed E-state index contributed by atoms with van der Waals surface area (Å²) in [4.78, 5) is 20.3. The van der Waals surface area contributed by atoms with Crippen LogP contribution in [0, 0.1) is 0 Å². The van der Waals surface area contributed by atoms with Crippen LogP contribution < -0.4 is 10.6 Å². The van der Waals surface area contributed by atoms with Crippen molar-refractivity contribution in [3.05, 3.63) is 66.9 Å². The normalized spacial score (nSPS) is 11.1. The Morgan fingerprint density at radius 2 is 2.00 bits per heavy atom. The first-order valence-corrected chi connectivity index (χ1v) is 8.78. The molecule has 1 amide bonds. The van der Waals surface area contributed by atoms with Gasteiger partial charge in [0, 0.05) is 34.9 Å². The molecule has 0 unspecified atom stereocenters. The minimum atomic E-state index is -0.207. The van der Waals surface area contributed by atoms with E-state index in [1.807, 2.05) is 42.6 Å². The molecular formula is C21H20N4O2. The topological polar surface area (TPSA) is 83.0 Å². The zero-order valence-corrected chi connectivity index (χ0v) is 15.1. The van der Waals surface area contributed by atoms with E-state index in [0.29, 0.717) is 5.56 Å². The van der Waals surface area contributed by atoms with E-state index < -0.39 is 0 Å². The minimum Gasteiger partial charge on any atom is -0.472 e. The first-order chi connectivity index (χ1) is 13.1. The van der Waals surface area contributed by atoms with Gasteiger partial charge in [-0.3, -0.25) is 4.79 Å². The third kappa shape index (κ3) is 3.42. The molecule has 0 spiro atoms. The number of aromatic nitrogens is 2. The van der Waals surface area contributed by atoms with Gasteiger partial charge in [-0.05, 0) is 38.1 Å². The number of nitrogens with one attached hydrogen (secondary N) is 3. The maximum absolute atomic E-state index is 12.8. The zero-order chi connectivity index (χ0) is 18.8. The average molecular weight is 360 g/mol. The van der Waals surface area contributed by atoms with Crippen LogP contribution in [0.5, 0.6) is 0 Å². The minimum absolute atomic E-state index is 0.207. The highest BCUT2D eigenvalue weighted by Crippen LogP contribution is 2.29. The molecule has 4 aromatic rings. The van der Waals surface area contributed by atoms with Crippen molar-refractivity contribution in [3.63, 3.8) is 0 Å². The number of rotatable bonds is 5. The lowest BCUT2D eigenvalue weighted by atomic mass is 10.1. The highest BCUT2D eigenvalue weighted by atomic mass is 16.3. The van der Waals surface area contributed by atoms with Crippen molar-refractivity contribution in [1.82, 2.24) is 9.97 Å². The Bertz CT molecular complexity index is 1080. The van der Waals surface area contributed by atoms with Crippen molar-refractivity contribution in [2.24, 2.45) is 0 Å². The SMILES string of the molecule is CC(C)Nc1ccccc1NC(=O)c1cnc2[nH]cc(-c3ccoc3)c2c1. The van der Waals surface area contributed by atoms with Gasteiger partial charge in [0.1, 0.15) is 5.65 Å². The molecule has 0 aliphatic carbocycles. The Hall–Kier alpha value is -3.54. The van der Waals surface area contributed by atoms with Crippen molar-refractivity contribution < 1.29 is 9.21 Å². The number of fused-ring (bicyclic) bond motifs is 1. The van der Waals surface area contributed by atoms with Crippen LogP contribution in [-0.2, 0) is 0 Å². The van der Waals surface area contributed by atoms with Crippen LogP contribution in [0.3, 0.4) is 0 Å². The number of carbonyl (C=O) groups excluding carboxylic acids is 1. The van der Waals surface area contributed by atoms with Crippen LogP contribution in [0.1, 0.15) is 24.2 Å². The predicted molar refractivity (Wildman–Crippen MR) is 107 cm³/mol. The highest BCUT2D eigenvalue weighted by molar-refractivity contribution is 6.08. The van der Waals surface area contributed by atoms with Crippen molar-refractivity contribution in [3.8, 4) is 11.1 Å². The monoisotopic (exact) mass is 360 g/mol. The first-order valence-electron chi connectivity index (χ1n) is 8.78. The number of benzene rings is 1. The quantitative estimate of drug-likeness (QED) is 0.473. The smallest absolute Gasteiger partial charge is 0.257 e. The van der Waals surface area contributed by atoms with E-state index in [-0.39, 0.29) is 11.9 Å². The molecule has 4 rings (SSSR count). The predicted octanol–water partition coefficient (Wildman–Crippen LogP) is 4.90. The van der Waals surface area contributed by atoms with Gasteiger partial charge < -0.3 is 20.0 Å². The van der Waals surface area contributed by atoms with Gasteiger partial charge in [-0.15, -0.1) is 0 Å². The first kappa shape index (κ1) is 16.9. The lowest BCUT2D eigenvalue weighted by Gasteiger charge is -2.15. The van der Waals surface area contributed by atoms with Gasteiger partial charge in [-0.25, -0.2) is 4.98 Å². The number of anilines is 2. The van der Waals surface area contributed by atoms with Gasteiger partial charge in [-0.1, -0.05) is 12.1 Å². The summed E-state index contributed by atoms with van der Waals surface area (Å²) in [5, 5.41) is 7.18. The molecule has 0 bridgehead atoms. The summed E-state index contributed by atoms with van der Waals surface area (Å²) in [5.74, 6) is -0.207. The molecular weight excluding hydrogens is 340 g/mol. The molecule has 136 valence electrons. The summed E-state index contributed by atoms with van der Waals surface area (Å²) in [6.07, 6.45) is 6.73. The van der Waals surface area contributed by atoms with Crippen LogP contribution >= 0.6 is 0 Å². The number of pyridine rings is 1. The summed E-state index contributed by atoms with van der Waals surface area (Å²) >= 11 is 0. The second-order valence-corrected chi connectivity index (χ2v) is 6.63. The van der Waals surface area contributed by atoms with Crippen LogP contribution in [0.4, 0.5) is 11.4 Å². The van der Waals surface area contributed by atoms with Crippen LogP contribution in [0.15, 0.2) is 65.7 Å². The van der Waals surface area contributed by atoms with Gasteiger partial charge >= 0.3 is 0 Å². The Balaban J connectivity index is 1.65. The molecule has 1 aromatic carbocycles. The van der Waals surface area contributed by atoms with Gasteiger partial charge in [0.05, 0.1) is 29.5 Å². The summed E-state index contributed by atoms with van der Waals surface area (Å²) in [6, 6.07) is 11.6. The van der Waals surface area contributed by atoms with E-state index in [9.17, 15) is 4.79 Å². The largest absolute Gasteiger partial charge is 0.472 e. The number of aromatic amines is 1. The van der Waals surface area contributed by atoms with E-state index in [1.54, 1.807) is 18.7 Å². The van der Waals surface area contributed by atoms with Crippen molar-refractivity contribution in [2.45, 2.75) is 19.9 Å². The number of carbonyl (C=O) groups is 1. The number of para-hydroxylation sites is 2. The van der Waals surface area contributed by atoms with Crippen molar-refractivity contribution in [2.75, 3.05) is 10.6 Å². The third-order valence-electron chi connectivity index (χ3n) is 4.24. The van der Waals surface area contributed by atoms with E-state index in [0.717, 1.165) is 33.5 Å². The van der Waals surface area contributed by atoms with Gasteiger partial charge in [0.25, 0.3) is 5.91 Å². The lowest BCUT2D eigenvalue weighted by Crippen LogP contribution is -2.16. The van der Waals surface area contributed by atoms with E-state index >= 15 is 0 Å². The molecule has 0 saturated heterocycles. The second-order valence-electron chi connectivity index (χ2n) is 6.63. The fourth-order valence-electron chi connectivity index (χ4n) is 3.01. The highest BCUT2D eigenvalue weighted by Gasteiger charge is 2.14. The van der Waals surface area contributed by atoms with E-state index in [2.05, 4.69) is 34.4 Å². The molecule has 0 radical (unpaired) electrons. The second kappa shape index (κ2) is 6.99. The number of hydrogen-bond donors (Lipinski definition) is 3. The zero-order valence-electron chi connectivity index (χ0n) is 15.1. The molecule has 0 fully saturated rings. The summed E-state index contributed by atoms with van der Waals surface area (Å²) in [5.41, 5.74) is 4.72. The number of nitrogens with zero attached hydrogens (tertiary/aromatic N) is 1. The Kier molecular flexibility index (Phi) is 4.38. The number of H-pyrrole nitrogens is 1. The van der Waals surface area contributed by atoms with Crippen molar-refractivity contribution >= 4 is 28.3 Å². The third-order valence-corrected chi connectivity index (χ3v) is 4.24. The maximum atomic E-state index is 12.8. The number of hydrogen-bond acceptors (Lipinski definition) is 4. The Morgan fingerprint density at radius 1 is 1.19 bits per heavy atom. The van der Waals surface area contributed by atoms with Gasteiger partial charge in [-0.2, -0.15) is 0 Å². The molecule has 6 heteroatoms. The molecule has 6 nitrogen and oxygen atoms in total. The fourth-order valence-corrected chi connectivity index (χ4v) is 3.01. The average Bonchev–Trinajstić information content (AvgIpc) is 3.31. The Labute approximate surface area is 156 Å². The summed E-state index contributed by atoms with van der Waals surface area (Å²) in [7, 11) is 0.